The fraction of sp³-hybridized carbons (Fsp3) is 0.364. The standard InChI is InChI=1S/C10H13N.CO2.ClH/c1-7-3-2-4-9-8(7)5-6-10(9)11;2-1-3;/h2-4,10H,5-6,11H2,1H3;;1H/t10-;;/m0../s1. The highest BCUT2D eigenvalue weighted by molar-refractivity contribution is 5.85. The van der Waals surface area contributed by atoms with E-state index in [4.69, 9.17) is 15.3 Å². The Labute approximate surface area is 95.1 Å². The Hall–Kier alpha value is -1.15. The molecule has 0 bridgehead atoms. The Balaban J connectivity index is 0.000000443. The Morgan fingerprint density at radius 3 is 2.53 bits per heavy atom. The molecule has 1 aromatic carbocycles. The summed E-state index contributed by atoms with van der Waals surface area (Å²) in [7, 11) is 0. The van der Waals surface area contributed by atoms with Crippen LogP contribution < -0.4 is 5.73 Å². The maximum absolute atomic E-state index is 8.12. The maximum atomic E-state index is 8.12. The molecule has 0 aromatic heterocycles. The van der Waals surface area contributed by atoms with E-state index in [9.17, 15) is 0 Å². The summed E-state index contributed by atoms with van der Waals surface area (Å²) in [5, 5.41) is 0. The first kappa shape index (κ1) is 13.8. The fourth-order valence-corrected chi connectivity index (χ4v) is 1.87. The molecule has 3 nitrogen and oxygen atoms in total. The molecule has 0 heterocycles. The van der Waals surface area contributed by atoms with Crippen molar-refractivity contribution in [1.82, 2.24) is 0 Å². The van der Waals surface area contributed by atoms with E-state index in [2.05, 4.69) is 25.1 Å². The van der Waals surface area contributed by atoms with Crippen LogP contribution in [0.2, 0.25) is 0 Å². The zero-order valence-electron chi connectivity index (χ0n) is 8.53. The van der Waals surface area contributed by atoms with E-state index in [1.165, 1.54) is 23.1 Å². The number of halogens is 1. The smallest absolute Gasteiger partial charge is 0.324 e. The summed E-state index contributed by atoms with van der Waals surface area (Å²) in [4.78, 5) is 16.2. The number of hydrogen-bond acceptors (Lipinski definition) is 3. The van der Waals surface area contributed by atoms with Crippen LogP contribution in [0, 0.1) is 6.92 Å². The molecule has 0 saturated carbocycles. The molecule has 1 aliphatic rings. The topological polar surface area (TPSA) is 60.2 Å². The first-order valence-corrected chi connectivity index (χ1v) is 4.54. The predicted molar refractivity (Wildman–Crippen MR) is 58.7 cm³/mol. The molecule has 2 rings (SSSR count). The normalized spacial score (nSPS) is 16.5. The number of fused-ring (bicyclic) bond motifs is 1. The number of carbonyl (C=O) groups excluding carboxylic acids is 2. The van der Waals surface area contributed by atoms with Gasteiger partial charge in [0.2, 0.25) is 0 Å². The molecule has 0 saturated heterocycles. The molecule has 15 heavy (non-hydrogen) atoms. The molecule has 82 valence electrons. The van der Waals surface area contributed by atoms with E-state index in [1.54, 1.807) is 0 Å². The van der Waals surface area contributed by atoms with Gasteiger partial charge in [0.25, 0.3) is 0 Å². The van der Waals surface area contributed by atoms with Crippen LogP contribution >= 0.6 is 12.4 Å². The van der Waals surface area contributed by atoms with Crippen LogP contribution in [-0.4, -0.2) is 6.15 Å². The van der Waals surface area contributed by atoms with Gasteiger partial charge in [0.1, 0.15) is 0 Å². The molecule has 0 radical (unpaired) electrons. The molecule has 0 spiro atoms. The predicted octanol–water partition coefficient (Wildman–Crippen LogP) is 1.78. The molecule has 1 atom stereocenters. The zero-order chi connectivity index (χ0) is 10.6. The first-order chi connectivity index (χ1) is 6.70. The van der Waals surface area contributed by atoms with Gasteiger partial charge in [-0.05, 0) is 36.5 Å². The molecule has 1 aromatic rings. The summed E-state index contributed by atoms with van der Waals surface area (Å²) < 4.78 is 0. The quantitative estimate of drug-likeness (QED) is 0.735. The van der Waals surface area contributed by atoms with Gasteiger partial charge in [0.05, 0.1) is 0 Å². The van der Waals surface area contributed by atoms with Crippen molar-refractivity contribution in [2.75, 3.05) is 0 Å². The van der Waals surface area contributed by atoms with E-state index in [0.29, 0.717) is 6.04 Å². The van der Waals surface area contributed by atoms with E-state index in [0.717, 1.165) is 6.42 Å². The van der Waals surface area contributed by atoms with Crippen LogP contribution in [0.1, 0.15) is 29.2 Å². The molecule has 0 unspecified atom stereocenters. The Kier molecular flexibility index (Phi) is 5.87. The summed E-state index contributed by atoms with van der Waals surface area (Å²) in [6.45, 7) is 2.16. The van der Waals surface area contributed by atoms with Crippen molar-refractivity contribution in [2.45, 2.75) is 25.8 Å². The minimum Gasteiger partial charge on any atom is -0.324 e. The highest BCUT2D eigenvalue weighted by Gasteiger charge is 2.19. The lowest BCUT2D eigenvalue weighted by Crippen LogP contribution is -2.04. The summed E-state index contributed by atoms with van der Waals surface area (Å²) in [5.41, 5.74) is 10.2. The van der Waals surface area contributed by atoms with Gasteiger partial charge >= 0.3 is 6.15 Å². The van der Waals surface area contributed by atoms with Crippen molar-refractivity contribution in [3.8, 4) is 0 Å². The van der Waals surface area contributed by atoms with E-state index < -0.39 is 0 Å². The molecule has 0 fully saturated rings. The SMILES string of the molecule is Cc1cccc2c1CC[C@@H]2N.Cl.O=C=O. The summed E-state index contributed by atoms with van der Waals surface area (Å²) in [6.07, 6.45) is 2.54. The number of nitrogens with two attached hydrogens (primary N) is 1. The van der Waals surface area contributed by atoms with Crippen LogP contribution in [0.15, 0.2) is 18.2 Å². The summed E-state index contributed by atoms with van der Waals surface area (Å²) >= 11 is 0. The van der Waals surface area contributed by atoms with Crippen molar-refractivity contribution in [3.05, 3.63) is 34.9 Å². The van der Waals surface area contributed by atoms with Gasteiger partial charge in [-0.1, -0.05) is 18.2 Å². The average molecular weight is 228 g/mol. The van der Waals surface area contributed by atoms with Crippen molar-refractivity contribution in [2.24, 2.45) is 5.73 Å². The average Bonchev–Trinajstić information content (AvgIpc) is 2.51. The number of rotatable bonds is 0. The zero-order valence-corrected chi connectivity index (χ0v) is 9.34. The highest BCUT2D eigenvalue weighted by Crippen LogP contribution is 2.30. The van der Waals surface area contributed by atoms with Crippen molar-refractivity contribution < 1.29 is 9.59 Å². The summed E-state index contributed by atoms with van der Waals surface area (Å²) in [6, 6.07) is 6.71. The third-order valence-corrected chi connectivity index (χ3v) is 2.55. The van der Waals surface area contributed by atoms with Gasteiger partial charge in [0.15, 0.2) is 0 Å². The number of hydrogen-bond donors (Lipinski definition) is 1. The molecular formula is C11H14ClNO2. The fourth-order valence-electron chi connectivity index (χ4n) is 1.87. The van der Waals surface area contributed by atoms with Gasteiger partial charge in [-0.3, -0.25) is 0 Å². The van der Waals surface area contributed by atoms with Crippen molar-refractivity contribution in [1.29, 1.82) is 0 Å². The highest BCUT2D eigenvalue weighted by atomic mass is 35.5. The van der Waals surface area contributed by atoms with Crippen molar-refractivity contribution >= 4 is 18.6 Å². The monoisotopic (exact) mass is 227 g/mol. The Bertz CT molecular complexity index is 360. The Morgan fingerprint density at radius 1 is 1.40 bits per heavy atom. The summed E-state index contributed by atoms with van der Waals surface area (Å²) in [5.74, 6) is 0. The lowest BCUT2D eigenvalue weighted by Gasteiger charge is -2.05. The van der Waals surface area contributed by atoms with Gasteiger partial charge in [-0.25, -0.2) is 0 Å². The minimum atomic E-state index is 0. The lowest BCUT2D eigenvalue weighted by molar-refractivity contribution is -0.191. The Morgan fingerprint density at radius 2 is 2.00 bits per heavy atom. The van der Waals surface area contributed by atoms with Gasteiger partial charge < -0.3 is 5.73 Å². The second-order valence-corrected chi connectivity index (χ2v) is 3.37. The van der Waals surface area contributed by atoms with E-state index in [-0.39, 0.29) is 18.6 Å². The second kappa shape index (κ2) is 6.36. The van der Waals surface area contributed by atoms with Crippen LogP contribution in [0.4, 0.5) is 0 Å². The molecule has 4 heteroatoms. The van der Waals surface area contributed by atoms with Crippen LogP contribution in [-0.2, 0) is 16.0 Å². The van der Waals surface area contributed by atoms with Crippen LogP contribution in [0.5, 0.6) is 0 Å². The minimum absolute atomic E-state index is 0. The molecule has 0 aliphatic heterocycles. The third-order valence-electron chi connectivity index (χ3n) is 2.55. The molecule has 2 N–H and O–H groups in total. The third kappa shape index (κ3) is 3.17. The number of aryl methyl sites for hydroxylation is 1. The second-order valence-electron chi connectivity index (χ2n) is 3.37. The van der Waals surface area contributed by atoms with Crippen molar-refractivity contribution in [3.63, 3.8) is 0 Å². The lowest BCUT2D eigenvalue weighted by atomic mass is 10.0. The molecular weight excluding hydrogens is 214 g/mol. The first-order valence-electron chi connectivity index (χ1n) is 4.54. The van der Waals surface area contributed by atoms with Crippen LogP contribution in [0.3, 0.4) is 0 Å². The maximum Gasteiger partial charge on any atom is 0.373 e. The largest absolute Gasteiger partial charge is 0.373 e. The van der Waals surface area contributed by atoms with Crippen LogP contribution in [0.25, 0.3) is 0 Å². The van der Waals surface area contributed by atoms with E-state index in [1.807, 2.05) is 0 Å². The van der Waals surface area contributed by atoms with Gasteiger partial charge in [-0.15, -0.1) is 12.4 Å². The molecule has 0 amide bonds. The molecule has 1 aliphatic carbocycles. The van der Waals surface area contributed by atoms with E-state index >= 15 is 0 Å². The van der Waals surface area contributed by atoms with Gasteiger partial charge in [0, 0.05) is 6.04 Å². The van der Waals surface area contributed by atoms with Gasteiger partial charge in [-0.2, -0.15) is 9.59 Å². The number of benzene rings is 1.